The topological polar surface area (TPSA) is 125 Å². The van der Waals surface area contributed by atoms with Gasteiger partial charge in [-0.2, -0.15) is 5.26 Å². The zero-order chi connectivity index (χ0) is 20.0. The summed E-state index contributed by atoms with van der Waals surface area (Å²) in [6.45, 7) is 1.78. The third kappa shape index (κ3) is 4.79. The molecule has 2 aromatic carbocycles. The fraction of sp³-hybridized carbons (Fsp3) is 0.111. The molecule has 0 aliphatic carbocycles. The molecule has 0 atom stereocenters. The molecule has 0 saturated heterocycles. The Balaban J connectivity index is 2.38. The van der Waals surface area contributed by atoms with E-state index in [2.05, 4.69) is 5.32 Å². The maximum atomic E-state index is 12.9. The van der Waals surface area contributed by atoms with Crippen molar-refractivity contribution in [3.63, 3.8) is 0 Å². The molecule has 0 aliphatic heterocycles. The molecule has 0 saturated carbocycles. The number of anilines is 1. The molecule has 0 fully saturated rings. The number of nitrogens with one attached hydrogen (secondary N) is 1. The number of halogens is 1. The summed E-state index contributed by atoms with van der Waals surface area (Å²) in [6.07, 6.45) is 1.12. The fourth-order valence-electron chi connectivity index (χ4n) is 2.15. The van der Waals surface area contributed by atoms with Gasteiger partial charge in [-0.15, -0.1) is 0 Å². The first kappa shape index (κ1) is 19.4. The van der Waals surface area contributed by atoms with Crippen molar-refractivity contribution in [1.29, 1.82) is 5.26 Å². The highest BCUT2D eigenvalue weighted by Gasteiger charge is 2.20. The molecule has 2 N–H and O–H groups in total. The first-order chi connectivity index (χ1) is 12.8. The van der Waals surface area contributed by atoms with Gasteiger partial charge in [-0.05, 0) is 48.9 Å². The van der Waals surface area contributed by atoms with E-state index < -0.39 is 28.1 Å². The van der Waals surface area contributed by atoms with E-state index in [1.165, 1.54) is 18.2 Å². The van der Waals surface area contributed by atoms with Gasteiger partial charge in [-0.1, -0.05) is 0 Å². The standard InChI is InChI=1S/C18H14FN3O5/c1-2-27-16-9-11(8-15(17(16)23)22(25)26)7-12(10-20)18(24)21-14-5-3-13(19)4-6-14/h3-9,23H,2H2,1H3,(H,21,24). The number of nitro benzene ring substituents is 1. The second kappa shape index (κ2) is 8.44. The summed E-state index contributed by atoms with van der Waals surface area (Å²) >= 11 is 0. The van der Waals surface area contributed by atoms with E-state index in [0.717, 1.165) is 24.3 Å². The monoisotopic (exact) mass is 371 g/mol. The van der Waals surface area contributed by atoms with Gasteiger partial charge < -0.3 is 15.2 Å². The van der Waals surface area contributed by atoms with Crippen LogP contribution in [0.4, 0.5) is 15.8 Å². The number of hydrogen-bond donors (Lipinski definition) is 2. The van der Waals surface area contributed by atoms with Crippen LogP contribution in [0.1, 0.15) is 12.5 Å². The van der Waals surface area contributed by atoms with Gasteiger partial charge in [0.05, 0.1) is 11.5 Å². The second-order valence-corrected chi connectivity index (χ2v) is 5.21. The van der Waals surface area contributed by atoms with Crippen molar-refractivity contribution in [1.82, 2.24) is 0 Å². The highest BCUT2D eigenvalue weighted by Crippen LogP contribution is 2.37. The van der Waals surface area contributed by atoms with Crippen molar-refractivity contribution in [3.05, 3.63) is 63.5 Å². The van der Waals surface area contributed by atoms with Gasteiger partial charge in [0.2, 0.25) is 5.75 Å². The molecular weight excluding hydrogens is 357 g/mol. The van der Waals surface area contributed by atoms with E-state index in [1.807, 2.05) is 0 Å². The number of aromatic hydroxyl groups is 1. The summed E-state index contributed by atoms with van der Waals surface area (Å²) in [7, 11) is 0. The Kier molecular flexibility index (Phi) is 6.06. The molecule has 9 heteroatoms. The van der Waals surface area contributed by atoms with Crippen LogP contribution in [-0.2, 0) is 4.79 Å². The lowest BCUT2D eigenvalue weighted by Crippen LogP contribution is -2.13. The highest BCUT2D eigenvalue weighted by molar-refractivity contribution is 6.09. The largest absolute Gasteiger partial charge is 0.500 e. The van der Waals surface area contributed by atoms with E-state index in [4.69, 9.17) is 4.74 Å². The van der Waals surface area contributed by atoms with Crippen molar-refractivity contribution in [2.75, 3.05) is 11.9 Å². The Labute approximate surface area is 153 Å². The minimum Gasteiger partial charge on any atom is -0.500 e. The Bertz CT molecular complexity index is 949. The molecule has 2 aromatic rings. The van der Waals surface area contributed by atoms with Crippen LogP contribution in [0.15, 0.2) is 42.0 Å². The number of phenolic OH excluding ortho intramolecular Hbond substituents is 1. The minimum atomic E-state index is -0.806. The van der Waals surface area contributed by atoms with E-state index in [9.17, 15) is 29.7 Å². The lowest BCUT2D eigenvalue weighted by atomic mass is 10.1. The Morgan fingerprint density at radius 2 is 2.07 bits per heavy atom. The quantitative estimate of drug-likeness (QED) is 0.347. The molecule has 0 aromatic heterocycles. The number of phenols is 1. The van der Waals surface area contributed by atoms with Gasteiger partial charge in [-0.25, -0.2) is 4.39 Å². The molecule has 0 aliphatic rings. The Morgan fingerprint density at radius 3 is 2.63 bits per heavy atom. The zero-order valence-electron chi connectivity index (χ0n) is 14.1. The van der Waals surface area contributed by atoms with Crippen molar-refractivity contribution < 1.29 is 24.0 Å². The molecule has 0 bridgehead atoms. The second-order valence-electron chi connectivity index (χ2n) is 5.21. The van der Waals surface area contributed by atoms with Crippen LogP contribution in [0.25, 0.3) is 6.08 Å². The predicted molar refractivity (Wildman–Crippen MR) is 94.5 cm³/mol. The summed E-state index contributed by atoms with van der Waals surface area (Å²) in [5.74, 6) is -2.05. The number of ether oxygens (including phenoxy) is 1. The summed E-state index contributed by atoms with van der Waals surface area (Å²) in [4.78, 5) is 22.5. The molecule has 27 heavy (non-hydrogen) atoms. The average molecular weight is 371 g/mol. The Morgan fingerprint density at radius 1 is 1.41 bits per heavy atom. The smallest absolute Gasteiger partial charge is 0.315 e. The predicted octanol–water partition coefficient (Wildman–Crippen LogP) is 3.38. The molecular formula is C18H14FN3O5. The van der Waals surface area contributed by atoms with E-state index in [-0.39, 0.29) is 29.2 Å². The molecule has 0 heterocycles. The van der Waals surface area contributed by atoms with Crippen molar-refractivity contribution >= 4 is 23.4 Å². The van der Waals surface area contributed by atoms with Gasteiger partial charge in [0.25, 0.3) is 5.91 Å². The van der Waals surface area contributed by atoms with Crippen LogP contribution in [0, 0.1) is 27.3 Å². The summed E-state index contributed by atoms with van der Waals surface area (Å²) in [5, 5.41) is 32.6. The number of amides is 1. The zero-order valence-corrected chi connectivity index (χ0v) is 14.1. The van der Waals surface area contributed by atoms with Gasteiger partial charge >= 0.3 is 5.69 Å². The lowest BCUT2D eigenvalue weighted by Gasteiger charge is -2.08. The first-order valence-corrected chi connectivity index (χ1v) is 7.68. The Hall–Kier alpha value is -3.93. The number of nitro groups is 1. The van der Waals surface area contributed by atoms with Crippen molar-refractivity contribution in [2.45, 2.75) is 6.92 Å². The number of rotatable bonds is 6. The normalized spacial score (nSPS) is 10.8. The molecule has 0 spiro atoms. The van der Waals surface area contributed by atoms with Gasteiger partial charge in [0.1, 0.15) is 17.5 Å². The van der Waals surface area contributed by atoms with Crippen LogP contribution < -0.4 is 10.1 Å². The minimum absolute atomic E-state index is 0.119. The van der Waals surface area contributed by atoms with Crippen LogP contribution in [0.2, 0.25) is 0 Å². The van der Waals surface area contributed by atoms with E-state index in [1.54, 1.807) is 13.0 Å². The average Bonchev–Trinajstić information content (AvgIpc) is 2.63. The molecule has 2 rings (SSSR count). The maximum Gasteiger partial charge on any atom is 0.315 e. The van der Waals surface area contributed by atoms with Crippen LogP contribution in [0.5, 0.6) is 11.5 Å². The first-order valence-electron chi connectivity index (χ1n) is 7.68. The third-order valence-electron chi connectivity index (χ3n) is 3.35. The maximum absolute atomic E-state index is 12.9. The number of nitriles is 1. The number of hydrogen-bond acceptors (Lipinski definition) is 6. The van der Waals surface area contributed by atoms with Crippen LogP contribution >= 0.6 is 0 Å². The van der Waals surface area contributed by atoms with Gasteiger partial charge in [0, 0.05) is 11.8 Å². The van der Waals surface area contributed by atoms with Gasteiger partial charge in [-0.3, -0.25) is 14.9 Å². The SMILES string of the molecule is CCOc1cc(C=C(C#N)C(=O)Nc2ccc(F)cc2)cc([N+](=O)[O-])c1O. The third-order valence-corrected chi connectivity index (χ3v) is 3.35. The van der Waals surface area contributed by atoms with Gasteiger partial charge in [0.15, 0.2) is 5.75 Å². The van der Waals surface area contributed by atoms with E-state index in [0.29, 0.717) is 0 Å². The number of carbonyl (C=O) groups is 1. The molecule has 138 valence electrons. The van der Waals surface area contributed by atoms with E-state index >= 15 is 0 Å². The fourth-order valence-corrected chi connectivity index (χ4v) is 2.15. The van der Waals surface area contributed by atoms with Crippen molar-refractivity contribution in [2.24, 2.45) is 0 Å². The number of benzene rings is 2. The molecule has 0 radical (unpaired) electrons. The summed E-state index contributed by atoms with van der Waals surface area (Å²) in [6, 6.07) is 8.91. The molecule has 8 nitrogen and oxygen atoms in total. The van der Waals surface area contributed by atoms with Crippen molar-refractivity contribution in [3.8, 4) is 17.6 Å². The van der Waals surface area contributed by atoms with Crippen LogP contribution in [0.3, 0.4) is 0 Å². The van der Waals surface area contributed by atoms with Crippen LogP contribution in [-0.4, -0.2) is 22.5 Å². The lowest BCUT2D eigenvalue weighted by molar-refractivity contribution is -0.386. The molecule has 1 amide bonds. The summed E-state index contributed by atoms with van der Waals surface area (Å²) < 4.78 is 18.1. The number of carbonyl (C=O) groups excluding carboxylic acids is 1. The number of nitrogens with zero attached hydrogens (tertiary/aromatic N) is 2. The summed E-state index contributed by atoms with van der Waals surface area (Å²) in [5.41, 5.74) is -0.576. The molecule has 0 unspecified atom stereocenters. The highest BCUT2D eigenvalue weighted by atomic mass is 19.1.